The highest BCUT2D eigenvalue weighted by atomic mass is 19.4. The summed E-state index contributed by atoms with van der Waals surface area (Å²) < 4.78 is 53.0. The minimum Gasteiger partial charge on any atom is -0.388 e. The van der Waals surface area contributed by atoms with Gasteiger partial charge in [-0.2, -0.15) is 13.2 Å². The number of carbonyl (C=O) groups is 1. The van der Waals surface area contributed by atoms with E-state index in [-0.39, 0.29) is 16.9 Å². The van der Waals surface area contributed by atoms with Crippen LogP contribution in [0, 0.1) is 11.2 Å². The fraction of sp³-hybridized carbons (Fsp3) is 0.345. The number of carbonyl (C=O) groups excluding carboxylic acids is 1. The fourth-order valence-electron chi connectivity index (χ4n) is 5.09. The van der Waals surface area contributed by atoms with E-state index in [4.69, 9.17) is 0 Å². The molecule has 6 heteroatoms. The van der Waals surface area contributed by atoms with E-state index in [0.717, 1.165) is 23.3 Å². The molecule has 4 rings (SSSR count). The van der Waals surface area contributed by atoms with Crippen LogP contribution >= 0.6 is 0 Å². The largest absolute Gasteiger partial charge is 0.416 e. The summed E-state index contributed by atoms with van der Waals surface area (Å²) in [5.41, 5.74) is 2.89. The van der Waals surface area contributed by atoms with Gasteiger partial charge in [-0.3, -0.25) is 4.79 Å². The second-order valence-corrected chi connectivity index (χ2v) is 10.4. The molecule has 0 amide bonds. The SMILES string of the molecule is CC(C)c1cc2c(c(-c3ccc(F)cc3)c1C(=O)c1ccc(C(F)(F)F)cc1)C(O)CC(C)(C)C2. The van der Waals surface area contributed by atoms with Crippen molar-refractivity contribution in [1.82, 2.24) is 0 Å². The summed E-state index contributed by atoms with van der Waals surface area (Å²) in [6.45, 7) is 8.05. The molecule has 2 nitrogen and oxygen atoms in total. The molecule has 0 aliphatic heterocycles. The molecular weight excluding hydrogens is 456 g/mol. The van der Waals surface area contributed by atoms with E-state index in [1.807, 2.05) is 19.9 Å². The van der Waals surface area contributed by atoms with E-state index in [1.54, 1.807) is 12.1 Å². The standard InChI is InChI=1S/C29H28F4O2/c1-16(2)22-13-19-14-28(3,4)15-23(34)24(19)25(17-7-11-21(30)12-8-17)26(22)27(35)18-5-9-20(10-6-18)29(31,32)33/h5-13,16,23,34H,14-15H2,1-4H3. The summed E-state index contributed by atoms with van der Waals surface area (Å²) in [7, 11) is 0. The highest BCUT2D eigenvalue weighted by Crippen LogP contribution is 2.48. The predicted molar refractivity (Wildman–Crippen MR) is 128 cm³/mol. The van der Waals surface area contributed by atoms with Crippen molar-refractivity contribution in [2.75, 3.05) is 0 Å². The zero-order chi connectivity index (χ0) is 25.7. The third-order valence-corrected chi connectivity index (χ3v) is 6.69. The number of fused-ring (bicyclic) bond motifs is 1. The van der Waals surface area contributed by atoms with Crippen LogP contribution in [-0.2, 0) is 12.6 Å². The van der Waals surface area contributed by atoms with Gasteiger partial charge in [-0.25, -0.2) is 4.39 Å². The molecule has 3 aromatic carbocycles. The summed E-state index contributed by atoms with van der Waals surface area (Å²) in [6, 6.07) is 11.9. The van der Waals surface area contributed by atoms with E-state index in [1.165, 1.54) is 24.3 Å². The number of aliphatic hydroxyl groups excluding tert-OH is 1. The molecule has 3 aromatic rings. The molecular formula is C29H28F4O2. The Labute approximate surface area is 202 Å². The van der Waals surface area contributed by atoms with Crippen molar-refractivity contribution in [3.63, 3.8) is 0 Å². The number of alkyl halides is 3. The van der Waals surface area contributed by atoms with Gasteiger partial charge in [-0.15, -0.1) is 0 Å². The lowest BCUT2D eigenvalue weighted by atomic mass is 9.68. The number of hydrogen-bond acceptors (Lipinski definition) is 2. The average molecular weight is 485 g/mol. The van der Waals surface area contributed by atoms with Crippen LogP contribution in [0.4, 0.5) is 17.6 Å². The Morgan fingerprint density at radius 2 is 1.63 bits per heavy atom. The first kappa shape index (κ1) is 25.1. The molecule has 0 bridgehead atoms. The number of ketones is 1. The third-order valence-electron chi connectivity index (χ3n) is 6.69. The molecule has 35 heavy (non-hydrogen) atoms. The van der Waals surface area contributed by atoms with E-state index in [0.29, 0.717) is 35.1 Å². The topological polar surface area (TPSA) is 37.3 Å². The molecule has 0 fully saturated rings. The van der Waals surface area contributed by atoms with Gasteiger partial charge in [0.2, 0.25) is 0 Å². The van der Waals surface area contributed by atoms with Gasteiger partial charge < -0.3 is 5.11 Å². The van der Waals surface area contributed by atoms with Gasteiger partial charge in [0.05, 0.1) is 11.7 Å². The fourth-order valence-corrected chi connectivity index (χ4v) is 5.09. The number of benzene rings is 3. The van der Waals surface area contributed by atoms with Crippen LogP contribution in [0.25, 0.3) is 11.1 Å². The molecule has 1 aliphatic rings. The number of aliphatic hydroxyl groups is 1. The zero-order valence-corrected chi connectivity index (χ0v) is 20.1. The van der Waals surface area contributed by atoms with Gasteiger partial charge >= 0.3 is 6.18 Å². The Morgan fingerprint density at radius 3 is 2.17 bits per heavy atom. The first-order valence-electron chi connectivity index (χ1n) is 11.6. The van der Waals surface area contributed by atoms with Gasteiger partial charge in [-0.1, -0.05) is 58.0 Å². The number of halogens is 4. The molecule has 0 aromatic heterocycles. The van der Waals surface area contributed by atoms with Crippen LogP contribution < -0.4 is 0 Å². The van der Waals surface area contributed by atoms with Crippen molar-refractivity contribution in [1.29, 1.82) is 0 Å². The summed E-state index contributed by atoms with van der Waals surface area (Å²) in [4.78, 5) is 13.9. The molecule has 1 unspecified atom stereocenters. The van der Waals surface area contributed by atoms with Crippen molar-refractivity contribution in [2.24, 2.45) is 5.41 Å². The second-order valence-electron chi connectivity index (χ2n) is 10.4. The van der Waals surface area contributed by atoms with Crippen LogP contribution in [0.2, 0.25) is 0 Å². The van der Waals surface area contributed by atoms with Crippen LogP contribution in [0.3, 0.4) is 0 Å². The van der Waals surface area contributed by atoms with Crippen LogP contribution in [0.5, 0.6) is 0 Å². The minimum atomic E-state index is -4.51. The highest BCUT2D eigenvalue weighted by molar-refractivity contribution is 6.14. The van der Waals surface area contributed by atoms with Gasteiger partial charge in [0.1, 0.15) is 5.82 Å². The summed E-state index contributed by atoms with van der Waals surface area (Å²) in [5, 5.41) is 11.2. The quantitative estimate of drug-likeness (QED) is 0.302. The van der Waals surface area contributed by atoms with Crippen molar-refractivity contribution in [2.45, 2.75) is 58.7 Å². The van der Waals surface area contributed by atoms with Crippen molar-refractivity contribution in [3.8, 4) is 11.1 Å². The Bertz CT molecular complexity index is 1250. The lowest BCUT2D eigenvalue weighted by molar-refractivity contribution is -0.137. The van der Waals surface area contributed by atoms with E-state index >= 15 is 0 Å². The van der Waals surface area contributed by atoms with Crippen LogP contribution in [-0.4, -0.2) is 10.9 Å². The average Bonchev–Trinajstić information content (AvgIpc) is 2.76. The molecule has 1 aliphatic carbocycles. The molecule has 0 saturated heterocycles. The molecule has 1 atom stereocenters. The maximum absolute atomic E-state index is 13.9. The Morgan fingerprint density at radius 1 is 1.03 bits per heavy atom. The predicted octanol–water partition coefficient (Wildman–Crippen LogP) is 7.87. The van der Waals surface area contributed by atoms with Crippen molar-refractivity contribution >= 4 is 5.78 Å². The summed E-state index contributed by atoms with van der Waals surface area (Å²) in [5.74, 6) is -0.934. The molecule has 0 radical (unpaired) electrons. The Hall–Kier alpha value is -2.99. The highest BCUT2D eigenvalue weighted by Gasteiger charge is 2.37. The van der Waals surface area contributed by atoms with E-state index in [2.05, 4.69) is 13.8 Å². The van der Waals surface area contributed by atoms with E-state index in [9.17, 15) is 27.5 Å². The lowest BCUT2D eigenvalue weighted by Crippen LogP contribution is -2.27. The normalized spacial score (nSPS) is 17.4. The molecule has 0 heterocycles. The molecule has 0 spiro atoms. The molecule has 1 N–H and O–H groups in total. The minimum absolute atomic E-state index is 0.0740. The van der Waals surface area contributed by atoms with Crippen molar-refractivity contribution < 1.29 is 27.5 Å². The Kier molecular flexibility index (Phi) is 6.39. The first-order chi connectivity index (χ1) is 16.3. The van der Waals surface area contributed by atoms with E-state index < -0.39 is 29.4 Å². The number of rotatable bonds is 4. The summed E-state index contributed by atoms with van der Waals surface area (Å²) in [6.07, 6.45) is -4.16. The molecule has 184 valence electrons. The Balaban J connectivity index is 2.01. The van der Waals surface area contributed by atoms with Gasteiger partial charge in [0.25, 0.3) is 0 Å². The number of hydrogen-bond donors (Lipinski definition) is 1. The smallest absolute Gasteiger partial charge is 0.388 e. The maximum Gasteiger partial charge on any atom is 0.416 e. The van der Waals surface area contributed by atoms with Gasteiger partial charge in [0, 0.05) is 11.1 Å². The molecule has 0 saturated carbocycles. The van der Waals surface area contributed by atoms with Gasteiger partial charge in [0.15, 0.2) is 5.78 Å². The maximum atomic E-state index is 13.9. The van der Waals surface area contributed by atoms with Gasteiger partial charge in [-0.05, 0) is 76.3 Å². The first-order valence-corrected chi connectivity index (χ1v) is 11.6. The van der Waals surface area contributed by atoms with Crippen molar-refractivity contribution in [3.05, 3.63) is 93.8 Å². The zero-order valence-electron chi connectivity index (χ0n) is 20.1. The monoisotopic (exact) mass is 484 g/mol. The second kappa shape index (κ2) is 8.90. The van der Waals surface area contributed by atoms with Crippen LogP contribution in [0.1, 0.15) is 84.3 Å². The third kappa shape index (κ3) is 4.90. The summed E-state index contributed by atoms with van der Waals surface area (Å²) >= 11 is 0. The van der Waals surface area contributed by atoms with Crippen LogP contribution in [0.15, 0.2) is 54.6 Å². The lowest BCUT2D eigenvalue weighted by Gasteiger charge is -2.37.